The highest BCUT2D eigenvalue weighted by Gasteiger charge is 2.15. The zero-order valence-electron chi connectivity index (χ0n) is 21.5. The minimum atomic E-state index is -3.75. The standard InChI is InChI=1S/C30H29N3O4S/c1-4-33-28-8-6-5-7-26(28)27-18-22(11-16-29(27)33)31-30(34)19-37-24-12-14-25(15-13-24)38(35,36)32-23-10-9-20(2)21(3)17-23/h5-18,32H,4,19H2,1-3H3,(H,31,34). The molecule has 5 rings (SSSR count). The van der Waals surface area contributed by atoms with Gasteiger partial charge in [-0.15, -0.1) is 0 Å². The fourth-order valence-electron chi connectivity index (χ4n) is 4.55. The minimum Gasteiger partial charge on any atom is -0.484 e. The number of benzene rings is 4. The molecule has 1 heterocycles. The first kappa shape index (κ1) is 25.4. The van der Waals surface area contributed by atoms with E-state index in [1.165, 1.54) is 24.3 Å². The number of carbonyl (C=O) groups excluding carboxylic acids is 1. The van der Waals surface area contributed by atoms with Crippen LogP contribution < -0.4 is 14.8 Å². The maximum atomic E-state index is 12.8. The number of sulfonamides is 1. The Hall–Kier alpha value is -4.30. The maximum absolute atomic E-state index is 12.8. The van der Waals surface area contributed by atoms with Gasteiger partial charge in [0.15, 0.2) is 6.61 Å². The molecule has 4 aromatic carbocycles. The highest BCUT2D eigenvalue weighted by Crippen LogP contribution is 2.31. The summed E-state index contributed by atoms with van der Waals surface area (Å²) in [5.41, 5.74) is 5.55. The molecule has 0 fully saturated rings. The third-order valence-electron chi connectivity index (χ3n) is 6.64. The van der Waals surface area contributed by atoms with Crippen LogP contribution in [0.2, 0.25) is 0 Å². The number of hydrogen-bond acceptors (Lipinski definition) is 4. The van der Waals surface area contributed by atoms with Crippen LogP contribution >= 0.6 is 0 Å². The topological polar surface area (TPSA) is 89.4 Å². The zero-order valence-corrected chi connectivity index (χ0v) is 22.3. The van der Waals surface area contributed by atoms with Gasteiger partial charge < -0.3 is 14.6 Å². The third-order valence-corrected chi connectivity index (χ3v) is 8.03. The van der Waals surface area contributed by atoms with E-state index in [-0.39, 0.29) is 17.4 Å². The molecule has 2 N–H and O–H groups in total. The largest absolute Gasteiger partial charge is 0.484 e. The maximum Gasteiger partial charge on any atom is 0.262 e. The quantitative estimate of drug-likeness (QED) is 0.250. The number of nitrogens with zero attached hydrogens (tertiary/aromatic N) is 1. The van der Waals surface area contributed by atoms with Crippen LogP contribution in [0.15, 0.2) is 89.8 Å². The summed E-state index contributed by atoms with van der Waals surface area (Å²) in [6, 6.07) is 25.5. The van der Waals surface area contributed by atoms with Crippen molar-refractivity contribution in [1.82, 2.24) is 4.57 Å². The molecule has 5 aromatic rings. The van der Waals surface area contributed by atoms with E-state index in [0.29, 0.717) is 17.1 Å². The number of para-hydroxylation sites is 1. The molecule has 38 heavy (non-hydrogen) atoms. The van der Waals surface area contributed by atoms with Crippen molar-refractivity contribution >= 4 is 49.1 Å². The molecule has 0 spiro atoms. The van der Waals surface area contributed by atoms with E-state index in [2.05, 4.69) is 33.7 Å². The van der Waals surface area contributed by atoms with Crippen molar-refractivity contribution < 1.29 is 17.9 Å². The van der Waals surface area contributed by atoms with Crippen molar-refractivity contribution in [2.24, 2.45) is 0 Å². The van der Waals surface area contributed by atoms with Crippen LogP contribution in [0.1, 0.15) is 18.1 Å². The molecule has 1 amide bonds. The van der Waals surface area contributed by atoms with E-state index >= 15 is 0 Å². The number of aryl methyl sites for hydroxylation is 3. The lowest BCUT2D eigenvalue weighted by Crippen LogP contribution is -2.20. The van der Waals surface area contributed by atoms with E-state index in [9.17, 15) is 13.2 Å². The lowest BCUT2D eigenvalue weighted by atomic mass is 10.1. The summed E-state index contributed by atoms with van der Waals surface area (Å²) < 4.78 is 36.0. The van der Waals surface area contributed by atoms with Gasteiger partial charge in [0.1, 0.15) is 5.75 Å². The van der Waals surface area contributed by atoms with Crippen molar-refractivity contribution in [3.63, 3.8) is 0 Å². The molecule has 0 saturated carbocycles. The number of ether oxygens (including phenoxy) is 1. The molecule has 0 aliphatic rings. The normalized spacial score (nSPS) is 11.6. The van der Waals surface area contributed by atoms with Gasteiger partial charge in [0.25, 0.3) is 15.9 Å². The van der Waals surface area contributed by atoms with Crippen molar-refractivity contribution in [3.8, 4) is 5.75 Å². The van der Waals surface area contributed by atoms with Gasteiger partial charge in [-0.25, -0.2) is 8.42 Å². The summed E-state index contributed by atoms with van der Waals surface area (Å²) in [5, 5.41) is 5.10. The molecular formula is C30H29N3O4S. The molecular weight excluding hydrogens is 498 g/mol. The average Bonchev–Trinajstić information content (AvgIpc) is 3.22. The SMILES string of the molecule is CCn1c2ccccc2c2cc(NC(=O)COc3ccc(S(=O)(=O)Nc4ccc(C)c(C)c4)cc3)ccc21. The first-order chi connectivity index (χ1) is 18.2. The number of amides is 1. The van der Waals surface area contributed by atoms with Crippen molar-refractivity contribution in [2.45, 2.75) is 32.2 Å². The van der Waals surface area contributed by atoms with Gasteiger partial charge in [0, 0.05) is 39.7 Å². The number of fused-ring (bicyclic) bond motifs is 3. The first-order valence-electron chi connectivity index (χ1n) is 12.4. The highest BCUT2D eigenvalue weighted by molar-refractivity contribution is 7.92. The molecule has 8 heteroatoms. The van der Waals surface area contributed by atoms with Gasteiger partial charge in [-0.3, -0.25) is 9.52 Å². The highest BCUT2D eigenvalue weighted by atomic mass is 32.2. The second-order valence-corrected chi connectivity index (χ2v) is 10.9. The Morgan fingerprint density at radius 1 is 0.816 bits per heavy atom. The van der Waals surface area contributed by atoms with Gasteiger partial charge in [0.05, 0.1) is 4.90 Å². The second kappa shape index (κ2) is 10.2. The fourth-order valence-corrected chi connectivity index (χ4v) is 5.60. The molecule has 194 valence electrons. The summed E-state index contributed by atoms with van der Waals surface area (Å²) in [7, 11) is -3.75. The molecule has 0 saturated heterocycles. The molecule has 0 bridgehead atoms. The number of nitrogens with one attached hydrogen (secondary N) is 2. The number of rotatable bonds is 8. The van der Waals surface area contributed by atoms with Crippen molar-refractivity contribution in [3.05, 3.63) is 96.1 Å². The van der Waals surface area contributed by atoms with Crippen LogP contribution in [0.25, 0.3) is 21.8 Å². The Bertz CT molecular complexity index is 1760. The van der Waals surface area contributed by atoms with Gasteiger partial charge >= 0.3 is 0 Å². The Morgan fingerprint density at radius 3 is 2.26 bits per heavy atom. The van der Waals surface area contributed by atoms with E-state index in [4.69, 9.17) is 4.74 Å². The summed E-state index contributed by atoms with van der Waals surface area (Å²) in [4.78, 5) is 12.7. The first-order valence-corrected chi connectivity index (χ1v) is 13.9. The van der Waals surface area contributed by atoms with Crippen LogP contribution in [-0.2, 0) is 21.4 Å². The van der Waals surface area contributed by atoms with Gasteiger partial charge in [-0.05, 0) is 92.6 Å². The molecule has 7 nitrogen and oxygen atoms in total. The Labute approximate surface area is 222 Å². The zero-order chi connectivity index (χ0) is 26.9. The predicted molar refractivity (Wildman–Crippen MR) is 152 cm³/mol. The average molecular weight is 528 g/mol. The Balaban J connectivity index is 1.23. The fraction of sp³-hybridized carbons (Fsp3) is 0.167. The van der Waals surface area contributed by atoms with Crippen LogP contribution in [-0.4, -0.2) is 25.5 Å². The van der Waals surface area contributed by atoms with Crippen LogP contribution in [0.5, 0.6) is 5.75 Å². The lowest BCUT2D eigenvalue weighted by Gasteiger charge is -2.11. The van der Waals surface area contributed by atoms with E-state index in [1.54, 1.807) is 12.1 Å². The lowest BCUT2D eigenvalue weighted by molar-refractivity contribution is -0.118. The van der Waals surface area contributed by atoms with E-state index in [1.807, 2.05) is 50.2 Å². The third kappa shape index (κ3) is 5.08. The molecule has 0 unspecified atom stereocenters. The number of carbonyl (C=O) groups is 1. The molecule has 0 radical (unpaired) electrons. The minimum absolute atomic E-state index is 0.104. The molecule has 0 aliphatic carbocycles. The summed E-state index contributed by atoms with van der Waals surface area (Å²) >= 11 is 0. The Kier molecular flexibility index (Phi) is 6.82. The van der Waals surface area contributed by atoms with E-state index in [0.717, 1.165) is 39.5 Å². The summed E-state index contributed by atoms with van der Waals surface area (Å²) in [6.45, 7) is 6.66. The number of anilines is 2. The summed E-state index contributed by atoms with van der Waals surface area (Å²) in [5.74, 6) is 0.0865. The number of aromatic nitrogens is 1. The monoisotopic (exact) mass is 527 g/mol. The van der Waals surface area contributed by atoms with Gasteiger partial charge in [0.2, 0.25) is 0 Å². The van der Waals surface area contributed by atoms with Crippen LogP contribution in [0.4, 0.5) is 11.4 Å². The number of hydrogen-bond donors (Lipinski definition) is 2. The van der Waals surface area contributed by atoms with Crippen LogP contribution in [0, 0.1) is 13.8 Å². The molecule has 0 aliphatic heterocycles. The van der Waals surface area contributed by atoms with Gasteiger partial charge in [-0.2, -0.15) is 0 Å². The van der Waals surface area contributed by atoms with Gasteiger partial charge in [-0.1, -0.05) is 24.3 Å². The van der Waals surface area contributed by atoms with E-state index < -0.39 is 10.0 Å². The summed E-state index contributed by atoms with van der Waals surface area (Å²) in [6.07, 6.45) is 0. The molecule has 1 aromatic heterocycles. The van der Waals surface area contributed by atoms with Crippen LogP contribution in [0.3, 0.4) is 0 Å². The molecule has 0 atom stereocenters. The smallest absolute Gasteiger partial charge is 0.262 e. The van der Waals surface area contributed by atoms with Crippen molar-refractivity contribution in [1.29, 1.82) is 0 Å². The van der Waals surface area contributed by atoms with Crippen molar-refractivity contribution in [2.75, 3.05) is 16.6 Å². The predicted octanol–water partition coefficient (Wildman–Crippen LogP) is 6.25. The Morgan fingerprint density at radius 2 is 1.53 bits per heavy atom. The second-order valence-electron chi connectivity index (χ2n) is 9.21.